The van der Waals surface area contributed by atoms with Crippen LogP contribution in [0.25, 0.3) is 0 Å². The first-order valence-electron chi connectivity index (χ1n) is 7.83. The summed E-state index contributed by atoms with van der Waals surface area (Å²) in [5, 5.41) is 13.9. The summed E-state index contributed by atoms with van der Waals surface area (Å²) in [6.07, 6.45) is 0.335. The molecule has 0 aliphatic heterocycles. The number of hydrogen-bond acceptors (Lipinski definition) is 3. The third-order valence-electron chi connectivity index (χ3n) is 3.64. The number of nitrogens with zero attached hydrogens (tertiary/aromatic N) is 1. The number of carbonyl (C=O) groups excluding carboxylic acids is 1. The van der Waals surface area contributed by atoms with Gasteiger partial charge in [0.05, 0.1) is 11.6 Å². The molecule has 2 aromatic rings. The second-order valence-electron chi connectivity index (χ2n) is 5.68. The van der Waals surface area contributed by atoms with Crippen molar-refractivity contribution < 1.29 is 18.0 Å². The van der Waals surface area contributed by atoms with Gasteiger partial charge in [0.25, 0.3) is 0 Å². The maximum atomic E-state index is 13.6. The van der Waals surface area contributed by atoms with Crippen molar-refractivity contribution in [1.82, 2.24) is 5.32 Å². The zero-order valence-corrected chi connectivity index (χ0v) is 13.7. The Kier molecular flexibility index (Phi) is 6.58. The minimum absolute atomic E-state index is 0.0153. The molecule has 0 heterocycles. The number of nitriles is 1. The molecule has 8 heteroatoms. The fourth-order valence-corrected chi connectivity index (χ4v) is 2.28. The summed E-state index contributed by atoms with van der Waals surface area (Å²) in [7, 11) is 0. The normalized spacial score (nSPS) is 11.5. The van der Waals surface area contributed by atoms with Crippen molar-refractivity contribution in [3.63, 3.8) is 0 Å². The van der Waals surface area contributed by atoms with Crippen LogP contribution >= 0.6 is 0 Å². The van der Waals surface area contributed by atoms with Gasteiger partial charge in [-0.1, -0.05) is 0 Å². The second-order valence-corrected chi connectivity index (χ2v) is 5.68. The SMILES string of the molecule is N#Cc1ccc(NC(=O)NCC[C@H](N)Cc2cc(F)c(F)cc2F)cc1. The summed E-state index contributed by atoms with van der Waals surface area (Å²) in [5.41, 5.74) is 6.83. The minimum atomic E-state index is -1.25. The number of anilines is 1. The van der Waals surface area contributed by atoms with E-state index in [4.69, 9.17) is 11.0 Å². The standard InChI is InChI=1S/C18H17F3N4O/c19-15-9-17(21)16(20)8-12(15)7-13(23)5-6-24-18(26)25-14-3-1-11(10-22)2-4-14/h1-4,8-9,13H,5-7,23H2,(H2,24,25,26)/t13-/m0/s1. The molecule has 0 unspecified atom stereocenters. The Hall–Kier alpha value is -3.05. The molecule has 2 aromatic carbocycles. The Balaban J connectivity index is 1.77. The van der Waals surface area contributed by atoms with Crippen LogP contribution in [0.1, 0.15) is 17.5 Å². The molecule has 2 amide bonds. The summed E-state index contributed by atoms with van der Waals surface area (Å²) >= 11 is 0. The smallest absolute Gasteiger partial charge is 0.319 e. The maximum absolute atomic E-state index is 13.6. The molecule has 0 spiro atoms. The van der Waals surface area contributed by atoms with Gasteiger partial charge in [-0.05, 0) is 48.7 Å². The molecule has 2 rings (SSSR count). The molecule has 0 aromatic heterocycles. The van der Waals surface area contributed by atoms with Crippen molar-refractivity contribution >= 4 is 11.7 Å². The van der Waals surface area contributed by atoms with Crippen LogP contribution in [0.2, 0.25) is 0 Å². The van der Waals surface area contributed by atoms with E-state index >= 15 is 0 Å². The van der Waals surface area contributed by atoms with Crippen LogP contribution in [0.4, 0.5) is 23.7 Å². The predicted octanol–water partition coefficient (Wildman–Crippen LogP) is 3.06. The Morgan fingerprint density at radius 2 is 1.77 bits per heavy atom. The van der Waals surface area contributed by atoms with Crippen LogP contribution in [-0.2, 0) is 6.42 Å². The van der Waals surface area contributed by atoms with E-state index in [-0.39, 0.29) is 18.5 Å². The number of rotatable bonds is 6. The van der Waals surface area contributed by atoms with Crippen molar-refractivity contribution in [1.29, 1.82) is 5.26 Å². The van der Waals surface area contributed by atoms with E-state index in [2.05, 4.69) is 10.6 Å². The molecular weight excluding hydrogens is 345 g/mol. The van der Waals surface area contributed by atoms with Crippen molar-refractivity contribution in [2.75, 3.05) is 11.9 Å². The Bertz CT molecular complexity index is 818. The number of amides is 2. The summed E-state index contributed by atoms with van der Waals surface area (Å²) in [4.78, 5) is 11.8. The average Bonchev–Trinajstić information content (AvgIpc) is 2.60. The summed E-state index contributed by atoms with van der Waals surface area (Å²) in [6.45, 7) is 0.217. The Morgan fingerprint density at radius 3 is 2.42 bits per heavy atom. The molecular formula is C18H17F3N4O. The lowest BCUT2D eigenvalue weighted by Crippen LogP contribution is -2.34. The third-order valence-corrected chi connectivity index (χ3v) is 3.64. The van der Waals surface area contributed by atoms with Gasteiger partial charge in [-0.25, -0.2) is 18.0 Å². The zero-order chi connectivity index (χ0) is 19.1. The van der Waals surface area contributed by atoms with Crippen LogP contribution in [0, 0.1) is 28.8 Å². The van der Waals surface area contributed by atoms with Crippen LogP contribution in [0.15, 0.2) is 36.4 Å². The number of urea groups is 1. The summed E-state index contributed by atoms with van der Waals surface area (Å²) < 4.78 is 39.6. The van der Waals surface area contributed by atoms with Gasteiger partial charge in [0.15, 0.2) is 11.6 Å². The molecule has 26 heavy (non-hydrogen) atoms. The molecule has 0 aliphatic rings. The van der Waals surface area contributed by atoms with Gasteiger partial charge < -0.3 is 16.4 Å². The minimum Gasteiger partial charge on any atom is -0.338 e. The van der Waals surface area contributed by atoms with Gasteiger partial charge in [-0.2, -0.15) is 5.26 Å². The van der Waals surface area contributed by atoms with Crippen molar-refractivity contribution in [2.24, 2.45) is 5.73 Å². The molecule has 5 nitrogen and oxygen atoms in total. The molecule has 0 saturated carbocycles. The molecule has 136 valence electrons. The quantitative estimate of drug-likeness (QED) is 0.690. The van der Waals surface area contributed by atoms with Gasteiger partial charge in [0.2, 0.25) is 0 Å². The maximum Gasteiger partial charge on any atom is 0.319 e. The summed E-state index contributed by atoms with van der Waals surface area (Å²) in [6, 6.07) is 8.58. The second kappa shape index (κ2) is 8.87. The van der Waals surface area contributed by atoms with Crippen LogP contribution in [0.3, 0.4) is 0 Å². The van der Waals surface area contributed by atoms with E-state index in [0.717, 1.165) is 6.07 Å². The molecule has 0 saturated heterocycles. The first-order valence-corrected chi connectivity index (χ1v) is 7.83. The number of benzene rings is 2. The van der Waals surface area contributed by atoms with Crippen LogP contribution < -0.4 is 16.4 Å². The van der Waals surface area contributed by atoms with Gasteiger partial charge in [0.1, 0.15) is 5.82 Å². The van der Waals surface area contributed by atoms with Crippen LogP contribution in [-0.4, -0.2) is 18.6 Å². The van der Waals surface area contributed by atoms with Crippen LogP contribution in [0.5, 0.6) is 0 Å². The highest BCUT2D eigenvalue weighted by Gasteiger charge is 2.13. The Morgan fingerprint density at radius 1 is 1.12 bits per heavy atom. The van der Waals surface area contributed by atoms with E-state index in [1.807, 2.05) is 6.07 Å². The fourth-order valence-electron chi connectivity index (χ4n) is 2.28. The predicted molar refractivity (Wildman–Crippen MR) is 90.8 cm³/mol. The highest BCUT2D eigenvalue weighted by Crippen LogP contribution is 2.15. The van der Waals surface area contributed by atoms with Crippen molar-refractivity contribution in [2.45, 2.75) is 18.9 Å². The number of hydrogen-bond donors (Lipinski definition) is 3. The largest absolute Gasteiger partial charge is 0.338 e. The zero-order valence-electron chi connectivity index (χ0n) is 13.7. The molecule has 4 N–H and O–H groups in total. The third kappa shape index (κ3) is 5.50. The number of nitrogens with two attached hydrogens (primary N) is 1. The van der Waals surface area contributed by atoms with Gasteiger partial charge in [0, 0.05) is 24.3 Å². The first kappa shape index (κ1) is 19.3. The number of halogens is 3. The van der Waals surface area contributed by atoms with Gasteiger partial charge >= 0.3 is 6.03 Å². The molecule has 0 radical (unpaired) electrons. The lowest BCUT2D eigenvalue weighted by atomic mass is 10.0. The molecule has 0 aliphatic carbocycles. The van der Waals surface area contributed by atoms with E-state index < -0.39 is 29.5 Å². The molecule has 0 bridgehead atoms. The fraction of sp³-hybridized carbons (Fsp3) is 0.222. The Labute approximate surface area is 148 Å². The molecule has 1 atom stereocenters. The number of nitrogens with one attached hydrogen (secondary N) is 2. The highest BCUT2D eigenvalue weighted by molar-refractivity contribution is 5.89. The lowest BCUT2D eigenvalue weighted by molar-refractivity contribution is 0.251. The highest BCUT2D eigenvalue weighted by atomic mass is 19.2. The monoisotopic (exact) mass is 362 g/mol. The van der Waals surface area contributed by atoms with E-state index in [1.54, 1.807) is 24.3 Å². The average molecular weight is 362 g/mol. The summed E-state index contributed by atoms with van der Waals surface area (Å²) in [5.74, 6) is -3.24. The van der Waals surface area contributed by atoms with Crippen molar-refractivity contribution in [3.8, 4) is 6.07 Å². The number of carbonyl (C=O) groups is 1. The van der Waals surface area contributed by atoms with E-state index in [1.165, 1.54) is 0 Å². The van der Waals surface area contributed by atoms with E-state index in [9.17, 15) is 18.0 Å². The van der Waals surface area contributed by atoms with E-state index in [0.29, 0.717) is 23.7 Å². The van der Waals surface area contributed by atoms with Gasteiger partial charge in [-0.15, -0.1) is 0 Å². The van der Waals surface area contributed by atoms with Crippen molar-refractivity contribution in [3.05, 3.63) is 65.0 Å². The van der Waals surface area contributed by atoms with Gasteiger partial charge in [-0.3, -0.25) is 0 Å². The molecule has 0 fully saturated rings. The topological polar surface area (TPSA) is 90.9 Å². The lowest BCUT2D eigenvalue weighted by Gasteiger charge is -2.13. The first-order chi connectivity index (χ1) is 12.4.